The first-order chi connectivity index (χ1) is 8.13. The van der Waals surface area contributed by atoms with Gasteiger partial charge in [0.2, 0.25) is 5.91 Å². The maximum atomic E-state index is 10.8. The van der Waals surface area contributed by atoms with Gasteiger partial charge in [-0.05, 0) is 38.0 Å². The van der Waals surface area contributed by atoms with Crippen molar-refractivity contribution in [1.82, 2.24) is 10.2 Å². The maximum absolute atomic E-state index is 10.8. The molecule has 0 radical (unpaired) electrons. The van der Waals surface area contributed by atoms with Gasteiger partial charge in [0.1, 0.15) is 0 Å². The Kier molecular flexibility index (Phi) is 4.40. The first kappa shape index (κ1) is 12.8. The van der Waals surface area contributed by atoms with Crippen LogP contribution in [-0.4, -0.2) is 42.5 Å². The molecule has 1 amide bonds. The molecule has 2 unspecified atom stereocenters. The minimum absolute atomic E-state index is 0.207. The van der Waals surface area contributed by atoms with Crippen LogP contribution in [0.25, 0.3) is 0 Å². The van der Waals surface area contributed by atoms with Crippen molar-refractivity contribution in [2.75, 3.05) is 19.6 Å². The van der Waals surface area contributed by atoms with E-state index in [-0.39, 0.29) is 5.91 Å². The highest BCUT2D eigenvalue weighted by atomic mass is 16.1. The topological polar surface area (TPSA) is 58.4 Å². The van der Waals surface area contributed by atoms with Crippen LogP contribution >= 0.6 is 0 Å². The van der Waals surface area contributed by atoms with Gasteiger partial charge >= 0.3 is 0 Å². The summed E-state index contributed by atoms with van der Waals surface area (Å²) in [5.74, 6) is 0.684. The summed E-state index contributed by atoms with van der Waals surface area (Å²) >= 11 is 0. The molecule has 0 bridgehead atoms. The summed E-state index contributed by atoms with van der Waals surface area (Å²) in [4.78, 5) is 13.0. The van der Waals surface area contributed by atoms with Gasteiger partial charge in [-0.3, -0.25) is 9.69 Å². The molecule has 3 N–H and O–H groups in total. The first-order valence-electron chi connectivity index (χ1n) is 6.90. The molecular formula is C13H25N3O. The number of nitrogens with two attached hydrogens (primary N) is 1. The van der Waals surface area contributed by atoms with Crippen LogP contribution in [0.1, 0.15) is 39.0 Å². The van der Waals surface area contributed by atoms with Crippen molar-refractivity contribution in [3.63, 3.8) is 0 Å². The molecule has 1 aliphatic heterocycles. The van der Waals surface area contributed by atoms with Gasteiger partial charge < -0.3 is 11.1 Å². The fraction of sp³-hybridized carbons (Fsp3) is 0.923. The zero-order valence-corrected chi connectivity index (χ0v) is 10.8. The molecule has 0 aromatic carbocycles. The van der Waals surface area contributed by atoms with Gasteiger partial charge in [-0.15, -0.1) is 0 Å². The number of rotatable bonds is 4. The summed E-state index contributed by atoms with van der Waals surface area (Å²) in [5, 5.41) is 3.78. The second kappa shape index (κ2) is 5.83. The van der Waals surface area contributed by atoms with E-state index in [9.17, 15) is 4.79 Å². The zero-order chi connectivity index (χ0) is 12.3. The summed E-state index contributed by atoms with van der Waals surface area (Å²) < 4.78 is 0. The van der Waals surface area contributed by atoms with E-state index in [4.69, 9.17) is 5.73 Å². The standard InChI is InChI=1S/C13H25N3O/c1-10-2-3-12(8-10)15-11-4-6-16(7-5-11)9-13(14)17/h10-12,15H,2-9H2,1H3,(H2,14,17). The molecular weight excluding hydrogens is 214 g/mol. The molecule has 4 nitrogen and oxygen atoms in total. The zero-order valence-electron chi connectivity index (χ0n) is 10.8. The number of piperidine rings is 1. The number of nitrogens with zero attached hydrogens (tertiary/aromatic N) is 1. The molecule has 2 aliphatic rings. The molecule has 1 heterocycles. The van der Waals surface area contributed by atoms with Crippen molar-refractivity contribution in [3.8, 4) is 0 Å². The second-order valence-corrected chi connectivity index (χ2v) is 5.80. The van der Waals surface area contributed by atoms with Crippen LogP contribution in [0, 0.1) is 5.92 Å². The number of carbonyl (C=O) groups excluding carboxylic acids is 1. The van der Waals surface area contributed by atoms with Crippen molar-refractivity contribution >= 4 is 5.91 Å². The highest BCUT2D eigenvalue weighted by Gasteiger charge is 2.26. The molecule has 1 saturated carbocycles. The van der Waals surface area contributed by atoms with Gasteiger partial charge in [0.15, 0.2) is 0 Å². The number of likely N-dealkylation sites (tertiary alicyclic amines) is 1. The van der Waals surface area contributed by atoms with E-state index in [2.05, 4.69) is 17.1 Å². The Morgan fingerprint density at radius 3 is 2.47 bits per heavy atom. The Labute approximate surface area is 104 Å². The summed E-state index contributed by atoms with van der Waals surface area (Å²) in [6, 6.07) is 1.38. The lowest BCUT2D eigenvalue weighted by molar-refractivity contribution is -0.119. The van der Waals surface area contributed by atoms with E-state index in [0.717, 1.165) is 37.9 Å². The van der Waals surface area contributed by atoms with Crippen LogP contribution in [0.3, 0.4) is 0 Å². The number of hydrogen-bond donors (Lipinski definition) is 2. The van der Waals surface area contributed by atoms with E-state index in [1.54, 1.807) is 0 Å². The number of primary amides is 1. The molecule has 0 spiro atoms. The van der Waals surface area contributed by atoms with Crippen molar-refractivity contribution in [2.45, 2.75) is 51.1 Å². The molecule has 98 valence electrons. The minimum atomic E-state index is -0.207. The monoisotopic (exact) mass is 239 g/mol. The van der Waals surface area contributed by atoms with E-state index < -0.39 is 0 Å². The third-order valence-corrected chi connectivity index (χ3v) is 4.13. The summed E-state index contributed by atoms with van der Waals surface area (Å²) in [6.07, 6.45) is 6.35. The van der Waals surface area contributed by atoms with Crippen LogP contribution < -0.4 is 11.1 Å². The average Bonchev–Trinajstić information content (AvgIpc) is 2.66. The molecule has 1 aliphatic carbocycles. The summed E-state index contributed by atoms with van der Waals surface area (Å²) in [6.45, 7) is 4.77. The van der Waals surface area contributed by atoms with Crippen LogP contribution in [0.15, 0.2) is 0 Å². The lowest BCUT2D eigenvalue weighted by atomic mass is 10.0. The molecule has 2 rings (SSSR count). The number of amides is 1. The third-order valence-electron chi connectivity index (χ3n) is 4.13. The maximum Gasteiger partial charge on any atom is 0.231 e. The van der Waals surface area contributed by atoms with Crippen molar-refractivity contribution < 1.29 is 4.79 Å². The van der Waals surface area contributed by atoms with Gasteiger partial charge in [-0.1, -0.05) is 6.92 Å². The molecule has 17 heavy (non-hydrogen) atoms. The predicted molar refractivity (Wildman–Crippen MR) is 68.6 cm³/mol. The highest BCUT2D eigenvalue weighted by Crippen LogP contribution is 2.25. The molecule has 2 fully saturated rings. The fourth-order valence-electron chi connectivity index (χ4n) is 3.17. The predicted octanol–water partition coefficient (Wildman–Crippen LogP) is 0.714. The third kappa shape index (κ3) is 3.96. The second-order valence-electron chi connectivity index (χ2n) is 5.80. The van der Waals surface area contributed by atoms with E-state index in [1.807, 2.05) is 0 Å². The molecule has 0 aromatic rings. The smallest absolute Gasteiger partial charge is 0.231 e. The Hall–Kier alpha value is -0.610. The molecule has 0 aromatic heterocycles. The van der Waals surface area contributed by atoms with Gasteiger partial charge in [-0.25, -0.2) is 0 Å². The van der Waals surface area contributed by atoms with Gasteiger partial charge in [0, 0.05) is 25.2 Å². The quantitative estimate of drug-likeness (QED) is 0.760. The van der Waals surface area contributed by atoms with Crippen LogP contribution in [0.2, 0.25) is 0 Å². The largest absolute Gasteiger partial charge is 0.369 e. The van der Waals surface area contributed by atoms with E-state index in [0.29, 0.717) is 12.6 Å². The van der Waals surface area contributed by atoms with Crippen molar-refractivity contribution in [2.24, 2.45) is 11.7 Å². The van der Waals surface area contributed by atoms with E-state index in [1.165, 1.54) is 19.3 Å². The number of nitrogens with one attached hydrogen (secondary N) is 1. The Morgan fingerprint density at radius 1 is 1.24 bits per heavy atom. The Balaban J connectivity index is 1.67. The van der Waals surface area contributed by atoms with E-state index >= 15 is 0 Å². The summed E-state index contributed by atoms with van der Waals surface area (Å²) in [7, 11) is 0. The molecule has 1 saturated heterocycles. The fourth-order valence-corrected chi connectivity index (χ4v) is 3.17. The van der Waals surface area contributed by atoms with Crippen LogP contribution in [0.5, 0.6) is 0 Å². The van der Waals surface area contributed by atoms with Crippen molar-refractivity contribution in [3.05, 3.63) is 0 Å². The lowest BCUT2D eigenvalue weighted by Crippen LogP contribution is -2.47. The lowest BCUT2D eigenvalue weighted by Gasteiger charge is -2.33. The van der Waals surface area contributed by atoms with Crippen LogP contribution in [-0.2, 0) is 4.79 Å². The van der Waals surface area contributed by atoms with Crippen molar-refractivity contribution in [1.29, 1.82) is 0 Å². The molecule has 2 atom stereocenters. The Morgan fingerprint density at radius 2 is 1.94 bits per heavy atom. The first-order valence-corrected chi connectivity index (χ1v) is 6.90. The van der Waals surface area contributed by atoms with Crippen LogP contribution in [0.4, 0.5) is 0 Å². The Bertz CT molecular complexity index is 261. The average molecular weight is 239 g/mol. The number of hydrogen-bond acceptors (Lipinski definition) is 3. The van der Waals surface area contributed by atoms with Gasteiger partial charge in [0.25, 0.3) is 0 Å². The SMILES string of the molecule is CC1CCC(NC2CCN(CC(N)=O)CC2)C1. The van der Waals surface area contributed by atoms with Gasteiger partial charge in [0.05, 0.1) is 6.54 Å². The summed E-state index contributed by atoms with van der Waals surface area (Å²) in [5.41, 5.74) is 5.21. The highest BCUT2D eigenvalue weighted by molar-refractivity contribution is 5.75. The molecule has 4 heteroatoms. The number of carbonyl (C=O) groups is 1. The van der Waals surface area contributed by atoms with Gasteiger partial charge in [-0.2, -0.15) is 0 Å². The normalized spacial score (nSPS) is 31.8. The minimum Gasteiger partial charge on any atom is -0.369 e.